The van der Waals surface area contributed by atoms with Crippen LogP contribution in [-0.4, -0.2) is 48.8 Å². The van der Waals surface area contributed by atoms with Gasteiger partial charge in [-0.3, -0.25) is 4.79 Å². The largest absolute Gasteiger partial charge is 0.497 e. The molecule has 10 nitrogen and oxygen atoms in total. The number of azo groups is 1. The van der Waals surface area contributed by atoms with Crippen LogP contribution >= 0.6 is 0 Å². The maximum Gasteiger partial charge on any atom is 0.360 e. The van der Waals surface area contributed by atoms with E-state index in [1.54, 1.807) is 36.4 Å². The van der Waals surface area contributed by atoms with Gasteiger partial charge in [-0.2, -0.15) is 0 Å². The maximum atomic E-state index is 12.9. The summed E-state index contributed by atoms with van der Waals surface area (Å²) in [4.78, 5) is 36.8. The van der Waals surface area contributed by atoms with Crippen molar-refractivity contribution in [2.24, 2.45) is 16.0 Å². The summed E-state index contributed by atoms with van der Waals surface area (Å²) in [5.74, 6) is -1.13. The number of amides is 3. The molecule has 0 spiro atoms. The molecule has 0 radical (unpaired) electrons. The van der Waals surface area contributed by atoms with Crippen molar-refractivity contribution in [3.05, 3.63) is 60.2 Å². The Kier molecular flexibility index (Phi) is 10.5. The summed E-state index contributed by atoms with van der Waals surface area (Å²) in [6, 6.07) is 12.7. The minimum atomic E-state index is -1.15. The Bertz CT molecular complexity index is 934. The van der Waals surface area contributed by atoms with E-state index in [2.05, 4.69) is 20.9 Å². The predicted molar refractivity (Wildman–Crippen MR) is 122 cm³/mol. The molecule has 2 atom stereocenters. The monoisotopic (exact) mass is 455 g/mol. The average Bonchev–Trinajstić information content (AvgIpc) is 2.82. The zero-order valence-corrected chi connectivity index (χ0v) is 18.4. The Morgan fingerprint density at radius 1 is 1.00 bits per heavy atom. The summed E-state index contributed by atoms with van der Waals surface area (Å²) >= 11 is 0. The van der Waals surface area contributed by atoms with Gasteiger partial charge in [0, 0.05) is 6.42 Å². The van der Waals surface area contributed by atoms with Gasteiger partial charge in [0.25, 0.3) is 0 Å². The fourth-order valence-electron chi connectivity index (χ4n) is 3.01. The molecule has 3 amide bonds. The van der Waals surface area contributed by atoms with Crippen molar-refractivity contribution in [3.8, 4) is 5.75 Å². The van der Waals surface area contributed by atoms with Gasteiger partial charge in [-0.25, -0.2) is 9.59 Å². The number of urea groups is 1. The molecule has 5 N–H and O–H groups in total. The first-order chi connectivity index (χ1) is 15.9. The van der Waals surface area contributed by atoms with Crippen LogP contribution in [0.4, 0.5) is 10.5 Å². The van der Waals surface area contributed by atoms with Crippen LogP contribution in [0, 0.1) is 0 Å². The number of carboxylic acids is 1. The van der Waals surface area contributed by atoms with E-state index in [1.165, 1.54) is 7.11 Å². The third-order valence-corrected chi connectivity index (χ3v) is 4.79. The molecule has 10 heteroatoms. The van der Waals surface area contributed by atoms with Crippen molar-refractivity contribution >= 4 is 23.6 Å². The summed E-state index contributed by atoms with van der Waals surface area (Å²) < 4.78 is 5.07. The molecule has 0 bridgehead atoms. The first-order valence-corrected chi connectivity index (χ1v) is 10.6. The highest BCUT2D eigenvalue weighted by Crippen LogP contribution is 2.18. The average molecular weight is 456 g/mol. The van der Waals surface area contributed by atoms with Crippen molar-refractivity contribution in [2.75, 3.05) is 13.7 Å². The molecule has 2 aromatic rings. The number of hydrogen-bond acceptors (Lipinski definition) is 6. The van der Waals surface area contributed by atoms with Gasteiger partial charge in [-0.05, 0) is 55.6 Å². The molecule has 0 heterocycles. The van der Waals surface area contributed by atoms with Gasteiger partial charge in [-0.15, -0.1) is 5.11 Å². The number of benzene rings is 2. The third-order valence-electron chi connectivity index (χ3n) is 4.79. The quantitative estimate of drug-likeness (QED) is 0.285. The molecule has 2 rings (SSSR count). The Balaban J connectivity index is 2.09. The molecular formula is C23H29N5O5. The molecule has 0 saturated heterocycles. The lowest BCUT2D eigenvalue weighted by molar-refractivity contribution is -0.142. The van der Waals surface area contributed by atoms with Gasteiger partial charge in [-0.1, -0.05) is 35.4 Å². The normalized spacial score (nSPS) is 12.7. The number of hydrogen-bond donors (Lipinski definition) is 4. The van der Waals surface area contributed by atoms with Crippen molar-refractivity contribution in [3.63, 3.8) is 0 Å². The number of nitrogens with one attached hydrogen (secondary N) is 2. The van der Waals surface area contributed by atoms with Gasteiger partial charge < -0.3 is 26.2 Å². The van der Waals surface area contributed by atoms with E-state index in [-0.39, 0.29) is 12.8 Å². The van der Waals surface area contributed by atoms with E-state index in [1.807, 2.05) is 18.2 Å². The second-order valence-electron chi connectivity index (χ2n) is 7.27. The van der Waals surface area contributed by atoms with E-state index < -0.39 is 30.0 Å². The van der Waals surface area contributed by atoms with Crippen molar-refractivity contribution < 1.29 is 24.2 Å². The number of nitrogens with two attached hydrogens (primary N) is 1. The van der Waals surface area contributed by atoms with Crippen LogP contribution in [-0.2, 0) is 16.0 Å². The van der Waals surface area contributed by atoms with E-state index in [0.29, 0.717) is 30.8 Å². The van der Waals surface area contributed by atoms with E-state index in [0.717, 1.165) is 5.56 Å². The Labute approximate surface area is 192 Å². The Hall–Kier alpha value is -3.79. The summed E-state index contributed by atoms with van der Waals surface area (Å²) in [5.41, 5.74) is 6.68. The maximum absolute atomic E-state index is 12.9. The lowest BCUT2D eigenvalue weighted by atomic mass is 10.0. The summed E-state index contributed by atoms with van der Waals surface area (Å²) in [5, 5.41) is 21.9. The summed E-state index contributed by atoms with van der Waals surface area (Å²) in [7, 11) is 1.54. The van der Waals surface area contributed by atoms with Crippen molar-refractivity contribution in [2.45, 2.75) is 37.8 Å². The van der Waals surface area contributed by atoms with Crippen LogP contribution in [0.25, 0.3) is 0 Å². The van der Waals surface area contributed by atoms with E-state index >= 15 is 0 Å². The number of unbranched alkanes of at least 4 members (excludes halogenated alkanes) is 1. The number of methoxy groups -OCH3 is 1. The molecule has 176 valence electrons. The highest BCUT2D eigenvalue weighted by molar-refractivity contribution is 5.90. The van der Waals surface area contributed by atoms with Crippen LogP contribution in [0.5, 0.6) is 5.75 Å². The third kappa shape index (κ3) is 9.08. The Morgan fingerprint density at radius 2 is 1.70 bits per heavy atom. The topological polar surface area (TPSA) is 155 Å². The molecule has 0 saturated carbocycles. The number of carbonyl (C=O) groups excluding carboxylic acids is 2. The standard InChI is InChI=1S/C23H29N5O5/c1-33-18-12-10-17(11-13-18)27-28-23(32)26-20(15-16-7-3-2-4-8-16)21(29)25-19(22(30)31)9-5-6-14-24/h2-4,7-8,10-13,19-20H,5-6,9,14-15,24H2,1H3,(H,25,29)(H,26,32)(H,30,31)/b28-27+. The SMILES string of the molecule is COc1ccc(/N=N/C(=O)NC(Cc2ccccc2)C(=O)NC(CCCCN)C(=O)O)cc1. The molecule has 2 unspecified atom stereocenters. The number of carbonyl (C=O) groups is 3. The summed E-state index contributed by atoms with van der Waals surface area (Å²) in [6.07, 6.45) is 1.60. The highest BCUT2D eigenvalue weighted by atomic mass is 16.5. The molecule has 0 aromatic heterocycles. The number of nitrogens with zero attached hydrogens (tertiary/aromatic N) is 2. The molecular weight excluding hydrogens is 426 g/mol. The van der Waals surface area contributed by atoms with Crippen molar-refractivity contribution in [1.82, 2.24) is 10.6 Å². The first kappa shape index (κ1) is 25.5. The van der Waals surface area contributed by atoms with Crippen molar-refractivity contribution in [1.29, 1.82) is 0 Å². The minimum absolute atomic E-state index is 0.158. The second-order valence-corrected chi connectivity index (χ2v) is 7.27. The van der Waals surface area contributed by atoms with Gasteiger partial charge in [0.15, 0.2) is 0 Å². The lowest BCUT2D eigenvalue weighted by Gasteiger charge is -2.20. The van der Waals surface area contributed by atoms with Crippen LogP contribution in [0.1, 0.15) is 24.8 Å². The second kappa shape index (κ2) is 13.6. The van der Waals surface area contributed by atoms with Crippen LogP contribution < -0.4 is 21.1 Å². The first-order valence-electron chi connectivity index (χ1n) is 10.6. The fraction of sp³-hybridized carbons (Fsp3) is 0.348. The van der Waals surface area contributed by atoms with Crippen LogP contribution in [0.3, 0.4) is 0 Å². The number of rotatable bonds is 12. The number of ether oxygens (including phenoxy) is 1. The molecule has 0 aliphatic heterocycles. The zero-order valence-electron chi connectivity index (χ0n) is 18.4. The zero-order chi connectivity index (χ0) is 24.1. The Morgan fingerprint density at radius 3 is 2.30 bits per heavy atom. The van der Waals surface area contributed by atoms with Gasteiger partial charge in [0.1, 0.15) is 17.8 Å². The van der Waals surface area contributed by atoms with Gasteiger partial charge in [0.05, 0.1) is 12.8 Å². The van der Waals surface area contributed by atoms with E-state index in [9.17, 15) is 19.5 Å². The smallest absolute Gasteiger partial charge is 0.360 e. The number of carboxylic acid groups (broad SMARTS) is 1. The molecule has 0 fully saturated rings. The molecule has 33 heavy (non-hydrogen) atoms. The number of aliphatic carboxylic acids is 1. The minimum Gasteiger partial charge on any atom is -0.497 e. The van der Waals surface area contributed by atoms with Crippen LogP contribution in [0.2, 0.25) is 0 Å². The lowest BCUT2D eigenvalue weighted by Crippen LogP contribution is -2.52. The fourth-order valence-corrected chi connectivity index (χ4v) is 3.01. The van der Waals surface area contributed by atoms with E-state index in [4.69, 9.17) is 10.5 Å². The highest BCUT2D eigenvalue weighted by Gasteiger charge is 2.26. The molecule has 2 aromatic carbocycles. The molecule has 0 aliphatic rings. The van der Waals surface area contributed by atoms with Gasteiger partial charge in [0.2, 0.25) is 5.91 Å². The van der Waals surface area contributed by atoms with Crippen LogP contribution in [0.15, 0.2) is 64.8 Å². The van der Waals surface area contributed by atoms with Gasteiger partial charge >= 0.3 is 12.0 Å². The summed E-state index contributed by atoms with van der Waals surface area (Å²) in [6.45, 7) is 0.437. The molecule has 0 aliphatic carbocycles. The predicted octanol–water partition coefficient (Wildman–Crippen LogP) is 2.80.